The fourth-order valence-electron chi connectivity index (χ4n) is 13.6. The van der Waals surface area contributed by atoms with Gasteiger partial charge in [0.2, 0.25) is 0 Å². The van der Waals surface area contributed by atoms with Crippen LogP contribution in [0, 0.1) is 71.0 Å². The summed E-state index contributed by atoms with van der Waals surface area (Å²) in [5, 5.41) is 43.3. The highest BCUT2D eigenvalue weighted by Gasteiger charge is 2.62. The largest absolute Gasteiger partial charge is 0.390 e. The summed E-state index contributed by atoms with van der Waals surface area (Å²) in [6.45, 7) is 0. The van der Waals surface area contributed by atoms with Crippen LogP contribution in [-0.2, 0) is 4.74 Å². The van der Waals surface area contributed by atoms with Crippen molar-refractivity contribution >= 4 is 0 Å². The molecule has 7 saturated carbocycles. The second-order valence-electron chi connectivity index (χ2n) is 16.4. The van der Waals surface area contributed by atoms with E-state index in [2.05, 4.69) is 0 Å². The Balaban J connectivity index is 1.21. The first-order valence-corrected chi connectivity index (χ1v) is 17.9. The van der Waals surface area contributed by atoms with E-state index in [4.69, 9.17) is 4.74 Å². The molecule has 40 heavy (non-hydrogen) atoms. The summed E-state index contributed by atoms with van der Waals surface area (Å²) >= 11 is 0. The number of aliphatic hydroxyl groups excluding tert-OH is 4. The van der Waals surface area contributed by atoms with E-state index in [9.17, 15) is 20.4 Å². The monoisotopic (exact) mass is 556 g/mol. The van der Waals surface area contributed by atoms with Crippen LogP contribution in [0.5, 0.6) is 0 Å². The third-order valence-electron chi connectivity index (χ3n) is 15.0. The second-order valence-corrected chi connectivity index (χ2v) is 16.4. The maximum atomic E-state index is 11.0. The average Bonchev–Trinajstić information content (AvgIpc) is 2.97. The van der Waals surface area contributed by atoms with Crippen molar-refractivity contribution in [1.29, 1.82) is 0 Å². The van der Waals surface area contributed by atoms with Gasteiger partial charge in [-0.05, 0) is 148 Å². The first-order valence-electron chi connectivity index (χ1n) is 17.9. The Bertz CT molecular complexity index is 864. The quantitative estimate of drug-likeness (QED) is 0.351. The molecule has 0 bridgehead atoms. The number of aliphatic hydroxyl groups is 4. The molecule has 226 valence electrons. The molecule has 17 unspecified atom stereocenters. The summed E-state index contributed by atoms with van der Waals surface area (Å²) in [7, 11) is 0. The van der Waals surface area contributed by atoms with Crippen molar-refractivity contribution in [2.24, 2.45) is 71.0 Å². The average molecular weight is 557 g/mol. The smallest absolute Gasteiger partial charge is 0.0802 e. The standard InChI is InChI=1S/C35H56O5/c36-27-14-19-9-11-31-33(24(19)16-29(27)38)35(34-25-17-30(39)28(37)15-20(25)10-12-32(34)40-31)26-13-18-5-1-2-6-21(18)22-7-3-4-8-23(22)26/h18-39H,1-17H2. The van der Waals surface area contributed by atoms with E-state index >= 15 is 0 Å². The van der Waals surface area contributed by atoms with Crippen LogP contribution in [-0.4, -0.2) is 57.0 Å². The van der Waals surface area contributed by atoms with Gasteiger partial charge in [-0.3, -0.25) is 0 Å². The minimum atomic E-state index is -0.597. The lowest BCUT2D eigenvalue weighted by Crippen LogP contribution is -2.63. The van der Waals surface area contributed by atoms with Crippen LogP contribution in [0.2, 0.25) is 0 Å². The van der Waals surface area contributed by atoms with Gasteiger partial charge < -0.3 is 25.2 Å². The van der Waals surface area contributed by atoms with Gasteiger partial charge in [0.15, 0.2) is 0 Å². The van der Waals surface area contributed by atoms with Gasteiger partial charge in [0.25, 0.3) is 0 Å². The van der Waals surface area contributed by atoms with Crippen LogP contribution in [0.25, 0.3) is 0 Å². The Morgan fingerprint density at radius 2 is 0.800 bits per heavy atom. The highest BCUT2D eigenvalue weighted by Crippen LogP contribution is 2.65. The van der Waals surface area contributed by atoms with Crippen LogP contribution in [0.4, 0.5) is 0 Å². The van der Waals surface area contributed by atoms with Gasteiger partial charge in [0.1, 0.15) is 0 Å². The molecule has 0 radical (unpaired) electrons. The summed E-state index contributed by atoms with van der Waals surface area (Å²) in [6.07, 6.45) is 18.6. The van der Waals surface area contributed by atoms with Crippen molar-refractivity contribution in [3.8, 4) is 0 Å². The Morgan fingerprint density at radius 3 is 1.38 bits per heavy atom. The van der Waals surface area contributed by atoms with Crippen molar-refractivity contribution in [1.82, 2.24) is 0 Å². The van der Waals surface area contributed by atoms with E-state index in [1.54, 1.807) is 0 Å². The molecule has 0 spiro atoms. The second kappa shape index (κ2) is 10.8. The summed E-state index contributed by atoms with van der Waals surface area (Å²) < 4.78 is 7.19. The molecule has 0 aromatic heterocycles. The van der Waals surface area contributed by atoms with Gasteiger partial charge in [0, 0.05) is 0 Å². The Morgan fingerprint density at radius 1 is 0.350 bits per heavy atom. The van der Waals surface area contributed by atoms with Gasteiger partial charge in [-0.1, -0.05) is 32.1 Å². The van der Waals surface area contributed by atoms with E-state index in [-0.39, 0.29) is 0 Å². The maximum absolute atomic E-state index is 11.0. The van der Waals surface area contributed by atoms with Crippen molar-refractivity contribution < 1.29 is 25.2 Å². The molecule has 4 N–H and O–H groups in total. The molecule has 17 atom stereocenters. The fourth-order valence-corrected chi connectivity index (χ4v) is 13.6. The van der Waals surface area contributed by atoms with Crippen LogP contribution in [0.15, 0.2) is 0 Å². The van der Waals surface area contributed by atoms with Crippen molar-refractivity contribution in [2.75, 3.05) is 0 Å². The van der Waals surface area contributed by atoms with Gasteiger partial charge in [-0.25, -0.2) is 0 Å². The SMILES string of the molecule is OC1CC2CCC3OC4CCC5CC(O)C(O)CC5C4C(C4CC5CCCCC5C5CCCCC54)C3C2CC1O. The topological polar surface area (TPSA) is 90.2 Å². The highest BCUT2D eigenvalue weighted by atomic mass is 16.5. The van der Waals surface area contributed by atoms with E-state index in [0.717, 1.165) is 81.0 Å². The molecule has 5 heteroatoms. The minimum Gasteiger partial charge on any atom is -0.390 e. The molecule has 1 aliphatic heterocycles. The molecule has 1 heterocycles. The van der Waals surface area contributed by atoms with Gasteiger partial charge in [0.05, 0.1) is 36.6 Å². The summed E-state index contributed by atoms with van der Waals surface area (Å²) in [5.41, 5.74) is 0. The Kier molecular flexibility index (Phi) is 7.35. The lowest BCUT2D eigenvalue weighted by molar-refractivity contribution is -0.252. The van der Waals surface area contributed by atoms with E-state index in [1.807, 2.05) is 0 Å². The molecular weight excluding hydrogens is 500 g/mol. The predicted octanol–water partition coefficient (Wildman–Crippen LogP) is 5.32. The van der Waals surface area contributed by atoms with Crippen molar-refractivity contribution in [3.63, 3.8) is 0 Å². The molecule has 5 nitrogen and oxygen atoms in total. The lowest BCUT2D eigenvalue weighted by atomic mass is 9.44. The van der Waals surface area contributed by atoms with Crippen LogP contribution in [0.1, 0.15) is 109 Å². The Labute approximate surface area is 241 Å². The first kappa shape index (κ1) is 27.4. The maximum Gasteiger partial charge on any atom is 0.0802 e. The molecule has 1 saturated heterocycles. The van der Waals surface area contributed by atoms with Gasteiger partial charge in [-0.15, -0.1) is 0 Å². The normalized spacial score (nSPS) is 59.7. The van der Waals surface area contributed by atoms with Crippen molar-refractivity contribution in [2.45, 2.75) is 146 Å². The Hall–Kier alpha value is -0.200. The molecule has 8 aliphatic rings. The van der Waals surface area contributed by atoms with Gasteiger partial charge >= 0.3 is 0 Å². The minimum absolute atomic E-state index is 0.303. The number of hydrogen-bond donors (Lipinski definition) is 4. The predicted molar refractivity (Wildman–Crippen MR) is 153 cm³/mol. The molecular formula is C35H56O5. The number of fused-ring (bicyclic) bond motifs is 9. The fraction of sp³-hybridized carbons (Fsp3) is 1.00. The van der Waals surface area contributed by atoms with E-state index < -0.39 is 24.4 Å². The zero-order valence-corrected chi connectivity index (χ0v) is 24.6. The highest BCUT2D eigenvalue weighted by molar-refractivity contribution is 5.10. The molecule has 0 aromatic carbocycles. The first-order chi connectivity index (χ1) is 19.5. The zero-order valence-electron chi connectivity index (χ0n) is 24.6. The zero-order chi connectivity index (χ0) is 27.1. The molecule has 8 rings (SSSR count). The lowest BCUT2D eigenvalue weighted by Gasteiger charge is -2.65. The van der Waals surface area contributed by atoms with Crippen LogP contribution >= 0.6 is 0 Å². The van der Waals surface area contributed by atoms with Crippen LogP contribution < -0.4 is 0 Å². The number of rotatable bonds is 1. The summed E-state index contributed by atoms with van der Waals surface area (Å²) in [5.74, 6) is 7.86. The van der Waals surface area contributed by atoms with Crippen LogP contribution in [0.3, 0.4) is 0 Å². The third-order valence-corrected chi connectivity index (χ3v) is 15.0. The number of hydrogen-bond acceptors (Lipinski definition) is 5. The third kappa shape index (κ3) is 4.41. The van der Waals surface area contributed by atoms with E-state index in [1.165, 1.54) is 57.8 Å². The molecule has 8 fully saturated rings. The summed E-state index contributed by atoms with van der Waals surface area (Å²) in [4.78, 5) is 0. The van der Waals surface area contributed by atoms with Crippen molar-refractivity contribution in [3.05, 3.63) is 0 Å². The molecule has 7 aliphatic carbocycles. The number of ether oxygens (including phenoxy) is 1. The molecule has 0 amide bonds. The van der Waals surface area contributed by atoms with Gasteiger partial charge in [-0.2, -0.15) is 0 Å². The molecule has 0 aromatic rings. The van der Waals surface area contributed by atoms with E-state index in [0.29, 0.717) is 53.6 Å². The summed E-state index contributed by atoms with van der Waals surface area (Å²) in [6, 6.07) is 0.